The minimum atomic E-state index is -0.989. The lowest BCUT2D eigenvalue weighted by Crippen LogP contribution is -2.13. The van der Waals surface area contributed by atoms with Crippen LogP contribution >= 0.6 is 11.6 Å². The lowest BCUT2D eigenvalue weighted by molar-refractivity contribution is 0.0697. The summed E-state index contributed by atoms with van der Waals surface area (Å²) in [4.78, 5) is 15.4. The number of nitrogens with one attached hydrogen (secondary N) is 1. The largest absolute Gasteiger partial charge is 0.478 e. The first-order valence-electron chi connectivity index (χ1n) is 6.20. The molecule has 2 N–H and O–H groups in total. The van der Waals surface area contributed by atoms with Crippen LogP contribution < -0.4 is 5.32 Å². The number of rotatable bonds is 4. The van der Waals surface area contributed by atoms with E-state index in [0.29, 0.717) is 16.4 Å². The predicted octanol–water partition coefficient (Wildman–Crippen LogP) is 3.91. The lowest BCUT2D eigenvalue weighted by atomic mass is 10.1. The fourth-order valence-corrected chi connectivity index (χ4v) is 2.20. The highest BCUT2D eigenvalue weighted by molar-refractivity contribution is 6.30. The van der Waals surface area contributed by atoms with E-state index in [0.717, 1.165) is 5.56 Å². The van der Waals surface area contributed by atoms with Crippen LogP contribution in [0.1, 0.15) is 34.5 Å². The molecular weight excluding hydrogens is 276 g/mol. The Morgan fingerprint density at radius 3 is 2.80 bits per heavy atom. The molecule has 1 aromatic carbocycles. The van der Waals surface area contributed by atoms with Crippen LogP contribution in [0.15, 0.2) is 36.5 Å². The molecule has 1 aromatic heterocycles. The van der Waals surface area contributed by atoms with Crippen molar-refractivity contribution < 1.29 is 9.90 Å². The van der Waals surface area contributed by atoms with Gasteiger partial charge in [-0.25, -0.2) is 9.78 Å². The van der Waals surface area contributed by atoms with Crippen LogP contribution in [0.25, 0.3) is 0 Å². The number of anilines is 1. The number of carboxylic acids is 1. The van der Waals surface area contributed by atoms with Crippen LogP contribution in [0.3, 0.4) is 0 Å². The van der Waals surface area contributed by atoms with Crippen LogP contribution in [0, 0.1) is 6.92 Å². The summed E-state index contributed by atoms with van der Waals surface area (Å²) in [5, 5.41) is 13.0. The monoisotopic (exact) mass is 290 g/mol. The van der Waals surface area contributed by atoms with Gasteiger partial charge >= 0.3 is 5.97 Å². The van der Waals surface area contributed by atoms with E-state index in [-0.39, 0.29) is 11.6 Å². The first-order valence-corrected chi connectivity index (χ1v) is 6.57. The van der Waals surface area contributed by atoms with E-state index in [1.54, 1.807) is 25.3 Å². The number of hydrogen-bond acceptors (Lipinski definition) is 3. The van der Waals surface area contributed by atoms with Gasteiger partial charge in [0.1, 0.15) is 11.4 Å². The first-order chi connectivity index (χ1) is 9.49. The summed E-state index contributed by atoms with van der Waals surface area (Å²) in [7, 11) is 0. The van der Waals surface area contributed by atoms with Gasteiger partial charge < -0.3 is 10.4 Å². The molecular formula is C15H15ClN2O2. The highest BCUT2D eigenvalue weighted by Gasteiger charge is 2.16. The fourth-order valence-electron chi connectivity index (χ4n) is 2.00. The number of aryl methyl sites for hydroxylation is 1. The smallest absolute Gasteiger partial charge is 0.339 e. The van der Waals surface area contributed by atoms with E-state index in [2.05, 4.69) is 10.3 Å². The van der Waals surface area contributed by atoms with Gasteiger partial charge in [0.2, 0.25) is 0 Å². The molecule has 0 aliphatic rings. The van der Waals surface area contributed by atoms with Gasteiger partial charge in [-0.2, -0.15) is 0 Å². The number of nitrogens with zero attached hydrogens (tertiary/aromatic N) is 1. The molecule has 0 saturated carbocycles. The molecule has 0 aliphatic carbocycles. The molecule has 2 rings (SSSR count). The van der Waals surface area contributed by atoms with Gasteiger partial charge in [0.15, 0.2) is 0 Å². The highest BCUT2D eigenvalue weighted by Crippen LogP contribution is 2.24. The Morgan fingerprint density at radius 1 is 1.40 bits per heavy atom. The van der Waals surface area contributed by atoms with Gasteiger partial charge in [-0.1, -0.05) is 23.7 Å². The summed E-state index contributed by atoms with van der Waals surface area (Å²) < 4.78 is 0. The molecule has 0 fully saturated rings. The van der Waals surface area contributed by atoms with E-state index < -0.39 is 5.97 Å². The van der Waals surface area contributed by atoms with Crippen LogP contribution in [0.5, 0.6) is 0 Å². The van der Waals surface area contributed by atoms with Crippen LogP contribution in [0.4, 0.5) is 5.82 Å². The van der Waals surface area contributed by atoms with Crippen molar-refractivity contribution in [2.75, 3.05) is 5.32 Å². The molecule has 0 bridgehead atoms. The lowest BCUT2D eigenvalue weighted by Gasteiger charge is -2.17. The van der Waals surface area contributed by atoms with Crippen molar-refractivity contribution in [3.05, 3.63) is 58.2 Å². The molecule has 2 aromatic rings. The summed E-state index contributed by atoms with van der Waals surface area (Å²) >= 11 is 5.96. The zero-order valence-corrected chi connectivity index (χ0v) is 12.0. The fraction of sp³-hybridized carbons (Fsp3) is 0.200. The highest BCUT2D eigenvalue weighted by atomic mass is 35.5. The number of halogens is 1. The molecule has 4 nitrogen and oxygen atoms in total. The topological polar surface area (TPSA) is 62.2 Å². The molecule has 1 heterocycles. The summed E-state index contributed by atoms with van der Waals surface area (Å²) in [5.74, 6) is -0.624. The Bertz CT molecular complexity index is 644. The summed E-state index contributed by atoms with van der Waals surface area (Å²) in [6, 6.07) is 9.01. The number of aromatic carboxylic acids is 1. The average molecular weight is 291 g/mol. The van der Waals surface area contributed by atoms with Gasteiger partial charge in [0.25, 0.3) is 0 Å². The predicted molar refractivity (Wildman–Crippen MR) is 79.4 cm³/mol. The zero-order chi connectivity index (χ0) is 14.7. The van der Waals surface area contributed by atoms with Crippen molar-refractivity contribution in [3.63, 3.8) is 0 Å². The average Bonchev–Trinajstić information content (AvgIpc) is 2.38. The summed E-state index contributed by atoms with van der Waals surface area (Å²) in [6.07, 6.45) is 1.59. The minimum absolute atomic E-state index is 0.0962. The quantitative estimate of drug-likeness (QED) is 0.896. The maximum atomic E-state index is 11.3. The molecule has 0 saturated heterocycles. The number of carboxylic acid groups (broad SMARTS) is 1. The van der Waals surface area contributed by atoms with E-state index in [9.17, 15) is 9.90 Å². The third kappa shape index (κ3) is 3.08. The van der Waals surface area contributed by atoms with Crippen molar-refractivity contribution in [1.82, 2.24) is 4.98 Å². The Balaban J connectivity index is 2.30. The normalized spacial score (nSPS) is 11.9. The van der Waals surface area contributed by atoms with Gasteiger partial charge in [-0.3, -0.25) is 0 Å². The number of hydrogen-bond donors (Lipinski definition) is 2. The van der Waals surface area contributed by atoms with E-state index in [1.807, 2.05) is 25.1 Å². The maximum Gasteiger partial charge on any atom is 0.339 e. The van der Waals surface area contributed by atoms with Crippen molar-refractivity contribution in [1.29, 1.82) is 0 Å². The molecule has 0 aliphatic heterocycles. The Kier molecular flexibility index (Phi) is 4.25. The number of aromatic nitrogens is 1. The van der Waals surface area contributed by atoms with Crippen LogP contribution in [0.2, 0.25) is 5.02 Å². The van der Waals surface area contributed by atoms with Crippen molar-refractivity contribution >= 4 is 23.4 Å². The standard InChI is InChI=1S/C15H15ClN2O2/c1-9-6-7-17-14(13(9)15(19)20)18-10(2)11-4-3-5-12(16)8-11/h3-8,10H,1-2H3,(H,17,18)(H,19,20). The third-order valence-corrected chi connectivity index (χ3v) is 3.31. The van der Waals surface area contributed by atoms with Crippen molar-refractivity contribution in [2.45, 2.75) is 19.9 Å². The summed E-state index contributed by atoms with van der Waals surface area (Å²) in [6.45, 7) is 3.68. The van der Waals surface area contributed by atoms with Gasteiger partial charge in [-0.15, -0.1) is 0 Å². The molecule has 20 heavy (non-hydrogen) atoms. The second kappa shape index (κ2) is 5.92. The van der Waals surface area contributed by atoms with E-state index in [4.69, 9.17) is 11.6 Å². The van der Waals surface area contributed by atoms with Crippen molar-refractivity contribution in [2.24, 2.45) is 0 Å². The van der Waals surface area contributed by atoms with E-state index in [1.165, 1.54) is 0 Å². The Morgan fingerprint density at radius 2 is 2.15 bits per heavy atom. The molecule has 1 unspecified atom stereocenters. The SMILES string of the molecule is Cc1ccnc(NC(C)c2cccc(Cl)c2)c1C(=O)O. The van der Waals surface area contributed by atoms with E-state index >= 15 is 0 Å². The van der Waals surface area contributed by atoms with Crippen molar-refractivity contribution in [3.8, 4) is 0 Å². The first kappa shape index (κ1) is 14.3. The third-order valence-electron chi connectivity index (χ3n) is 3.08. The second-order valence-corrected chi connectivity index (χ2v) is 5.01. The molecule has 5 heteroatoms. The molecule has 104 valence electrons. The van der Waals surface area contributed by atoms with Gasteiger partial charge in [0, 0.05) is 11.2 Å². The number of carbonyl (C=O) groups is 1. The Hall–Kier alpha value is -2.07. The molecule has 1 atom stereocenters. The van der Waals surface area contributed by atoms with Gasteiger partial charge in [0.05, 0.1) is 6.04 Å². The molecule has 0 spiro atoms. The zero-order valence-electron chi connectivity index (χ0n) is 11.2. The van der Waals surface area contributed by atoms with Crippen LogP contribution in [-0.4, -0.2) is 16.1 Å². The molecule has 0 amide bonds. The minimum Gasteiger partial charge on any atom is -0.478 e. The second-order valence-electron chi connectivity index (χ2n) is 4.58. The maximum absolute atomic E-state index is 11.3. The summed E-state index contributed by atoms with van der Waals surface area (Å²) in [5.41, 5.74) is 1.84. The van der Waals surface area contributed by atoms with Crippen LogP contribution in [-0.2, 0) is 0 Å². The number of pyridine rings is 1. The van der Waals surface area contributed by atoms with Gasteiger partial charge in [-0.05, 0) is 43.2 Å². The Labute approximate surface area is 122 Å². The number of benzene rings is 1. The molecule has 0 radical (unpaired) electrons.